The van der Waals surface area contributed by atoms with Crippen LogP contribution in [0.1, 0.15) is 385 Å². The molecule has 0 radical (unpaired) electrons. The van der Waals surface area contributed by atoms with Gasteiger partial charge in [0, 0.05) is 11.0 Å². The van der Waals surface area contributed by atoms with Crippen molar-refractivity contribution in [3.05, 3.63) is 69.3 Å². The largest absolute Gasteiger partial charge is 0.394 e. The van der Waals surface area contributed by atoms with E-state index in [9.17, 15) is 13.2 Å². The number of benzene rings is 2. The second-order valence-corrected chi connectivity index (χ2v) is 24.9. The zero-order valence-electron chi connectivity index (χ0n) is 64.6. The molecule has 74 heavy (non-hydrogen) atoms. The minimum Gasteiger partial charge on any atom is -0.171 e. The summed E-state index contributed by atoms with van der Waals surface area (Å²) < 4.78 is 93.1. The molecular formula is C71H141F3. The van der Waals surface area contributed by atoms with Crippen molar-refractivity contribution in [1.29, 1.82) is 0 Å². The molecule has 0 bridgehead atoms. The van der Waals surface area contributed by atoms with Gasteiger partial charge in [0.1, 0.15) is 0 Å². The summed E-state index contributed by atoms with van der Waals surface area (Å²) in [6, 6.07) is 11.6. The summed E-state index contributed by atoms with van der Waals surface area (Å²) in [6.07, 6.45) is 3.66. The lowest BCUT2D eigenvalue weighted by atomic mass is 9.83. The van der Waals surface area contributed by atoms with Gasteiger partial charge in [-0.1, -0.05) is 304 Å². The van der Waals surface area contributed by atoms with Gasteiger partial charge in [-0.05, 0) is 143 Å². The van der Waals surface area contributed by atoms with Crippen molar-refractivity contribution in [2.24, 2.45) is 33.5 Å². The van der Waals surface area contributed by atoms with Gasteiger partial charge in [-0.25, -0.2) is 0 Å². The molecule has 2 saturated carbocycles. The maximum atomic E-state index is 12.4. The molecule has 2 fully saturated rings. The minimum atomic E-state index is -3.97. The Morgan fingerprint density at radius 2 is 0.838 bits per heavy atom. The average molecular weight is 1060 g/mol. The van der Waals surface area contributed by atoms with Crippen LogP contribution in [0.5, 0.6) is 0 Å². The van der Waals surface area contributed by atoms with Gasteiger partial charge in [-0.2, -0.15) is 13.2 Å². The zero-order chi connectivity index (χ0) is 67.6. The molecule has 2 aromatic carbocycles. The lowest BCUT2D eigenvalue weighted by Gasteiger charge is -2.29. The van der Waals surface area contributed by atoms with Gasteiger partial charge in [0.2, 0.25) is 0 Å². The molecule has 4 rings (SSSR count). The highest BCUT2D eigenvalue weighted by Crippen LogP contribution is 2.52. The smallest absolute Gasteiger partial charge is 0.171 e. The SMILES string of the molecule is CC.CC.CC.CC(C)(C)C.CCC1(C(F)(F)F)CCCC1.CCC1(C)CCCC1.Cc1c(C(C)C)cc(C(C)C)cc1C(C)C.Cc1ccc(C(C)C)cc1C(C)C.[2H]C([2H])(C)C(C)(C)C.[2H]C([2H])(C)C(C)C.[2H]C([2H])([2H])C([2H])(C)C. The van der Waals surface area contributed by atoms with Gasteiger partial charge in [0.15, 0.2) is 0 Å². The average Bonchev–Trinajstić information content (AvgIpc) is 4.01. The Labute approximate surface area is 480 Å². The van der Waals surface area contributed by atoms with E-state index in [0.29, 0.717) is 47.8 Å². The number of rotatable bonds is 8. The van der Waals surface area contributed by atoms with Crippen molar-refractivity contribution in [2.45, 2.75) is 355 Å². The Morgan fingerprint density at radius 3 is 1.03 bits per heavy atom. The summed E-state index contributed by atoms with van der Waals surface area (Å²) in [5.41, 5.74) is 10.1. The maximum Gasteiger partial charge on any atom is 0.394 e. The first-order chi connectivity index (χ1) is 36.6. The monoisotopic (exact) mass is 1060 g/mol. The van der Waals surface area contributed by atoms with Gasteiger partial charge >= 0.3 is 6.18 Å². The lowest BCUT2D eigenvalue weighted by molar-refractivity contribution is -0.223. The molecule has 0 saturated heterocycles. The molecule has 0 amide bonds. The summed E-state index contributed by atoms with van der Waals surface area (Å²) >= 11 is 0. The van der Waals surface area contributed by atoms with E-state index in [1.54, 1.807) is 20.8 Å². The fourth-order valence-electron chi connectivity index (χ4n) is 7.43. The van der Waals surface area contributed by atoms with Crippen LogP contribution in [-0.2, 0) is 0 Å². The fourth-order valence-corrected chi connectivity index (χ4v) is 7.43. The second-order valence-electron chi connectivity index (χ2n) is 24.9. The molecular weight excluding hydrogens is 910 g/mol. The Hall–Kier alpha value is -1.77. The van der Waals surface area contributed by atoms with E-state index in [2.05, 4.69) is 155 Å². The van der Waals surface area contributed by atoms with Gasteiger partial charge in [-0.3, -0.25) is 0 Å². The Bertz CT molecular complexity index is 1740. The van der Waals surface area contributed by atoms with Gasteiger partial charge < -0.3 is 0 Å². The second kappa shape index (κ2) is 46.2. The third kappa shape index (κ3) is 46.3. The Morgan fingerprint density at radius 1 is 0.541 bits per heavy atom. The highest BCUT2D eigenvalue weighted by atomic mass is 19.4. The van der Waals surface area contributed by atoms with Crippen molar-refractivity contribution >= 4 is 0 Å². The van der Waals surface area contributed by atoms with Gasteiger partial charge in [-0.15, -0.1) is 0 Å². The van der Waals surface area contributed by atoms with Crippen LogP contribution in [0, 0.1) is 47.3 Å². The highest BCUT2D eigenvalue weighted by Gasteiger charge is 2.54. The zero-order valence-corrected chi connectivity index (χ0v) is 56.6. The number of hydrogen-bond donors (Lipinski definition) is 0. The molecule has 3 heteroatoms. The van der Waals surface area contributed by atoms with Crippen LogP contribution >= 0.6 is 0 Å². The standard InChI is InChI=1S/C16H26.C13H20.C8H13F3.C8H16.C6H14.2C5H12.C4H10.3C2H6/c1-10(2)14-8-15(11(3)4)13(7)16(9-14)12(5)6;1-9(2)12-7-6-11(5)13(8-12)10(3)4;1-2-7(8(9,10)11)5-3-4-6-7;1-3-8(2)6-4-5-7-8;1-5-6(2,3)4;1-5(2,3)4;1-4-5(2)3;1-4(2)3;3*1-2/h8-12H,1-7H3;6-10H,1-5H3;2-6H2,1H3;3-7H2,1-2H3;5H2,1-4H3;1-4H3;5H,4H2,1-3H3;4H,1-3H3;3*1-2H3/i;;;;5D2;;4D2;1D3,4D;;;. The molecule has 0 unspecified atom stereocenters. The molecule has 0 atom stereocenters. The van der Waals surface area contributed by atoms with Crippen molar-refractivity contribution < 1.29 is 24.1 Å². The first-order valence-corrected chi connectivity index (χ1v) is 29.9. The van der Waals surface area contributed by atoms with E-state index in [-0.39, 0.29) is 17.8 Å². The number of alkyl halides is 3. The van der Waals surface area contributed by atoms with E-state index in [1.807, 2.05) is 76.2 Å². The van der Waals surface area contributed by atoms with Crippen LogP contribution in [-0.4, -0.2) is 6.18 Å². The van der Waals surface area contributed by atoms with E-state index in [4.69, 9.17) is 11.0 Å². The first-order valence-electron chi connectivity index (χ1n) is 33.9. The van der Waals surface area contributed by atoms with E-state index in [0.717, 1.165) is 18.3 Å². The van der Waals surface area contributed by atoms with Crippen LogP contribution in [0.4, 0.5) is 13.2 Å². The molecule has 0 nitrogen and oxygen atoms in total. The summed E-state index contributed by atoms with van der Waals surface area (Å²) in [7, 11) is 0. The molecule has 2 aliphatic carbocycles. The Balaban J connectivity index is -0.000000158. The molecule has 2 aromatic rings. The third-order valence-electron chi connectivity index (χ3n) is 12.8. The van der Waals surface area contributed by atoms with Crippen LogP contribution in [0.2, 0.25) is 0 Å². The van der Waals surface area contributed by atoms with Gasteiger partial charge in [0.05, 0.1) is 5.41 Å². The molecule has 0 spiro atoms. The predicted molar refractivity (Wildman–Crippen MR) is 341 cm³/mol. The first kappa shape index (κ1) is 68.3. The number of halogens is 3. The quantitative estimate of drug-likeness (QED) is 0.247. The van der Waals surface area contributed by atoms with Crippen LogP contribution in [0.15, 0.2) is 30.3 Å². The van der Waals surface area contributed by atoms with Crippen LogP contribution < -0.4 is 0 Å². The molecule has 0 aliphatic heterocycles. The number of aryl methyl sites for hydroxylation is 1. The van der Waals surface area contributed by atoms with Crippen molar-refractivity contribution in [2.75, 3.05) is 0 Å². The van der Waals surface area contributed by atoms with Gasteiger partial charge in [0.25, 0.3) is 0 Å². The van der Waals surface area contributed by atoms with Crippen molar-refractivity contribution in [3.8, 4) is 0 Å². The normalized spacial score (nSPS) is 16.4. The topological polar surface area (TPSA) is 0 Å². The third-order valence-corrected chi connectivity index (χ3v) is 12.8. The maximum absolute atomic E-state index is 12.4. The summed E-state index contributed by atoms with van der Waals surface area (Å²) in [5.74, 6) is 1.96. The molecule has 0 N–H and O–H groups in total. The summed E-state index contributed by atoms with van der Waals surface area (Å²) in [5, 5.41) is 0. The van der Waals surface area contributed by atoms with E-state index >= 15 is 0 Å². The number of hydrogen-bond acceptors (Lipinski definition) is 0. The van der Waals surface area contributed by atoms with Crippen molar-refractivity contribution in [1.82, 2.24) is 0 Å². The summed E-state index contributed by atoms with van der Waals surface area (Å²) in [4.78, 5) is 0. The van der Waals surface area contributed by atoms with Crippen LogP contribution in [0.3, 0.4) is 0 Å². The molecule has 2 aliphatic rings. The molecule has 0 heterocycles. The minimum absolute atomic E-state index is 0.132. The predicted octanol–water partition coefficient (Wildman–Crippen LogP) is 27.4. The fraction of sp³-hybridized carbons (Fsp3) is 0.831. The van der Waals surface area contributed by atoms with Crippen LogP contribution in [0.25, 0.3) is 0 Å². The molecule has 0 aromatic heterocycles. The molecule has 446 valence electrons. The van der Waals surface area contributed by atoms with Crippen molar-refractivity contribution in [3.63, 3.8) is 0 Å². The Kier molecular flexibility index (Phi) is 42.6. The van der Waals surface area contributed by atoms with E-state index in [1.165, 1.54) is 84.9 Å². The van der Waals surface area contributed by atoms with E-state index < -0.39 is 37.1 Å². The highest BCUT2D eigenvalue weighted by molar-refractivity contribution is 5.42. The summed E-state index contributed by atoms with van der Waals surface area (Å²) in [6.45, 7) is 67.5. The lowest BCUT2D eigenvalue weighted by Crippen LogP contribution is -2.34.